The van der Waals surface area contributed by atoms with E-state index < -0.39 is 0 Å². The van der Waals surface area contributed by atoms with Crippen LogP contribution in [0.3, 0.4) is 0 Å². The van der Waals surface area contributed by atoms with Crippen molar-refractivity contribution in [1.29, 1.82) is 0 Å². The number of thiophene rings is 1. The van der Waals surface area contributed by atoms with Crippen LogP contribution in [0.2, 0.25) is 5.02 Å². The van der Waals surface area contributed by atoms with Crippen molar-refractivity contribution in [2.24, 2.45) is 0 Å². The lowest BCUT2D eigenvalue weighted by molar-refractivity contribution is 0.0907. The normalized spacial score (nSPS) is 12.3. The Labute approximate surface area is 154 Å². The number of carbonyl (C=O) groups excluding carboxylic acids is 1. The van der Waals surface area contributed by atoms with Gasteiger partial charge in [-0.25, -0.2) is 0 Å². The molecule has 25 heavy (non-hydrogen) atoms. The summed E-state index contributed by atoms with van der Waals surface area (Å²) in [6.07, 6.45) is 0.704. The summed E-state index contributed by atoms with van der Waals surface area (Å²) in [7, 11) is 0. The van der Waals surface area contributed by atoms with Gasteiger partial charge >= 0.3 is 11.8 Å². The second kappa shape index (κ2) is 7.37. The Morgan fingerprint density at radius 2 is 2.28 bits per heavy atom. The number of hydrogen-bond acceptors (Lipinski definition) is 6. The zero-order valence-corrected chi connectivity index (χ0v) is 15.7. The van der Waals surface area contributed by atoms with Crippen molar-refractivity contribution >= 4 is 28.8 Å². The lowest BCUT2D eigenvalue weighted by Gasteiger charge is -2.14. The smallest absolute Gasteiger partial charge is 0.316 e. The van der Waals surface area contributed by atoms with Gasteiger partial charge < -0.3 is 9.84 Å². The molecule has 0 spiro atoms. The fourth-order valence-electron chi connectivity index (χ4n) is 2.49. The second-order valence-electron chi connectivity index (χ2n) is 5.72. The maximum Gasteiger partial charge on any atom is 0.316 e. The summed E-state index contributed by atoms with van der Waals surface area (Å²) in [6.45, 7) is 6.30. The van der Waals surface area contributed by atoms with E-state index in [9.17, 15) is 4.79 Å². The molecule has 0 aromatic carbocycles. The first-order chi connectivity index (χ1) is 12.0. The minimum atomic E-state index is -0.381. The van der Waals surface area contributed by atoms with Gasteiger partial charge in [-0.1, -0.05) is 22.8 Å². The highest BCUT2D eigenvalue weighted by atomic mass is 35.5. The van der Waals surface area contributed by atoms with E-state index in [-0.39, 0.29) is 17.8 Å². The van der Waals surface area contributed by atoms with Crippen molar-refractivity contribution < 1.29 is 9.32 Å². The third kappa shape index (κ3) is 3.74. The molecule has 1 amide bonds. The van der Waals surface area contributed by atoms with E-state index >= 15 is 0 Å². The Kier molecular flexibility index (Phi) is 5.19. The number of aromatic nitrogens is 4. The van der Waals surface area contributed by atoms with E-state index in [1.165, 1.54) is 11.3 Å². The van der Waals surface area contributed by atoms with Crippen LogP contribution >= 0.6 is 22.9 Å². The van der Waals surface area contributed by atoms with Crippen LogP contribution < -0.4 is 5.32 Å². The number of halogens is 1. The molecule has 1 atom stereocenters. The standard InChI is InChI=1S/C16H18ClN5O2S/c1-9(22-11(3)13(17)10(2)20-22)6-7-18-15(23)16-19-14(21-24-16)12-5-4-8-25-12/h4-5,8-9H,6-7H2,1-3H3,(H,18,23). The van der Waals surface area contributed by atoms with Gasteiger partial charge in [-0.05, 0) is 38.6 Å². The molecule has 7 nitrogen and oxygen atoms in total. The molecule has 0 aliphatic heterocycles. The number of rotatable bonds is 6. The van der Waals surface area contributed by atoms with Crippen LogP contribution in [0, 0.1) is 13.8 Å². The van der Waals surface area contributed by atoms with Crippen LogP contribution in [-0.4, -0.2) is 32.4 Å². The minimum Gasteiger partial charge on any atom is -0.348 e. The van der Waals surface area contributed by atoms with Gasteiger partial charge in [0, 0.05) is 6.54 Å². The molecule has 3 heterocycles. The average Bonchev–Trinajstić information content (AvgIpc) is 3.32. The summed E-state index contributed by atoms with van der Waals surface area (Å²) in [5, 5.41) is 13.7. The Hall–Kier alpha value is -2.19. The minimum absolute atomic E-state index is 0.0368. The summed E-state index contributed by atoms with van der Waals surface area (Å²) in [5.41, 5.74) is 1.73. The molecule has 0 bridgehead atoms. The number of hydrogen-bond donors (Lipinski definition) is 1. The zero-order valence-electron chi connectivity index (χ0n) is 14.1. The summed E-state index contributed by atoms with van der Waals surface area (Å²) in [5.74, 6) is 0.00455. The molecule has 1 unspecified atom stereocenters. The molecule has 0 saturated heterocycles. The van der Waals surface area contributed by atoms with Crippen LogP contribution in [0.1, 0.15) is 41.5 Å². The SMILES string of the molecule is Cc1nn(C(C)CCNC(=O)c2nc(-c3cccs3)no2)c(C)c1Cl. The van der Waals surface area contributed by atoms with E-state index in [2.05, 4.69) is 20.6 Å². The predicted octanol–water partition coefficient (Wildman–Crippen LogP) is 3.65. The van der Waals surface area contributed by atoms with Gasteiger partial charge in [0.2, 0.25) is 5.82 Å². The third-order valence-electron chi connectivity index (χ3n) is 3.86. The molecule has 3 rings (SSSR count). The van der Waals surface area contributed by atoms with Gasteiger partial charge in [0.1, 0.15) is 0 Å². The predicted molar refractivity (Wildman–Crippen MR) is 96.0 cm³/mol. The summed E-state index contributed by atoms with van der Waals surface area (Å²) in [4.78, 5) is 17.1. The van der Waals surface area contributed by atoms with Gasteiger partial charge in [-0.3, -0.25) is 9.48 Å². The van der Waals surface area contributed by atoms with E-state index in [0.717, 1.165) is 16.3 Å². The van der Waals surface area contributed by atoms with Crippen molar-refractivity contribution in [3.63, 3.8) is 0 Å². The van der Waals surface area contributed by atoms with E-state index in [4.69, 9.17) is 16.1 Å². The van der Waals surface area contributed by atoms with Crippen LogP contribution in [0.25, 0.3) is 10.7 Å². The monoisotopic (exact) mass is 379 g/mol. The molecule has 3 aromatic rings. The Morgan fingerprint density at radius 1 is 1.48 bits per heavy atom. The van der Waals surface area contributed by atoms with Gasteiger partial charge in [0.25, 0.3) is 0 Å². The first-order valence-corrected chi connectivity index (χ1v) is 9.10. The van der Waals surface area contributed by atoms with Crippen molar-refractivity contribution in [2.75, 3.05) is 6.54 Å². The van der Waals surface area contributed by atoms with Crippen molar-refractivity contribution in [3.05, 3.63) is 39.8 Å². The maximum atomic E-state index is 12.1. The molecule has 0 aliphatic carbocycles. The summed E-state index contributed by atoms with van der Waals surface area (Å²) < 4.78 is 6.91. The molecule has 0 fully saturated rings. The Balaban J connectivity index is 1.55. The molecule has 3 aromatic heterocycles. The maximum absolute atomic E-state index is 12.1. The number of aryl methyl sites for hydroxylation is 1. The second-order valence-corrected chi connectivity index (χ2v) is 7.05. The first-order valence-electron chi connectivity index (χ1n) is 7.84. The lowest BCUT2D eigenvalue weighted by atomic mass is 10.2. The molecule has 1 N–H and O–H groups in total. The number of nitrogens with zero attached hydrogens (tertiary/aromatic N) is 4. The van der Waals surface area contributed by atoms with Crippen LogP contribution in [-0.2, 0) is 0 Å². The first kappa shape index (κ1) is 17.6. The third-order valence-corrected chi connectivity index (χ3v) is 5.28. The number of amides is 1. The van der Waals surface area contributed by atoms with Crippen LogP contribution in [0.5, 0.6) is 0 Å². The highest BCUT2D eigenvalue weighted by Crippen LogP contribution is 2.23. The average molecular weight is 380 g/mol. The van der Waals surface area contributed by atoms with Gasteiger partial charge in [-0.15, -0.1) is 11.3 Å². The molecular weight excluding hydrogens is 362 g/mol. The van der Waals surface area contributed by atoms with Gasteiger partial charge in [-0.2, -0.15) is 10.1 Å². The topological polar surface area (TPSA) is 85.8 Å². The van der Waals surface area contributed by atoms with Gasteiger partial charge in [0.05, 0.1) is 27.3 Å². The molecule has 9 heteroatoms. The Bertz CT molecular complexity index is 871. The number of nitrogens with one attached hydrogen (secondary N) is 1. The molecule has 0 aliphatic rings. The quantitative estimate of drug-likeness (QED) is 0.706. The van der Waals surface area contributed by atoms with Crippen LogP contribution in [0.15, 0.2) is 22.0 Å². The molecule has 0 saturated carbocycles. The van der Waals surface area contributed by atoms with E-state index in [1.54, 1.807) is 0 Å². The van der Waals surface area contributed by atoms with Crippen LogP contribution in [0.4, 0.5) is 0 Å². The fourth-order valence-corrected chi connectivity index (χ4v) is 3.26. The summed E-state index contributed by atoms with van der Waals surface area (Å²) >= 11 is 7.66. The largest absolute Gasteiger partial charge is 0.348 e. The lowest BCUT2D eigenvalue weighted by Crippen LogP contribution is -2.26. The Morgan fingerprint density at radius 3 is 2.92 bits per heavy atom. The highest BCUT2D eigenvalue weighted by molar-refractivity contribution is 7.13. The number of carbonyl (C=O) groups is 1. The van der Waals surface area contributed by atoms with E-state index in [1.807, 2.05) is 43.0 Å². The van der Waals surface area contributed by atoms with Crippen molar-refractivity contribution in [3.8, 4) is 10.7 Å². The molecular formula is C16H18ClN5O2S. The highest BCUT2D eigenvalue weighted by Gasteiger charge is 2.18. The van der Waals surface area contributed by atoms with Crippen molar-refractivity contribution in [1.82, 2.24) is 25.2 Å². The van der Waals surface area contributed by atoms with Gasteiger partial charge in [0.15, 0.2) is 0 Å². The molecule has 132 valence electrons. The van der Waals surface area contributed by atoms with Crippen molar-refractivity contribution in [2.45, 2.75) is 33.2 Å². The van der Waals surface area contributed by atoms with E-state index in [0.29, 0.717) is 23.8 Å². The zero-order chi connectivity index (χ0) is 18.0. The fraction of sp³-hybridized carbons (Fsp3) is 0.375. The summed E-state index contributed by atoms with van der Waals surface area (Å²) in [6, 6.07) is 3.87. The molecule has 0 radical (unpaired) electrons.